The fourth-order valence-electron chi connectivity index (χ4n) is 0.969. The molecule has 3 amide bonds. The summed E-state index contributed by atoms with van der Waals surface area (Å²) >= 11 is 0. The number of ether oxygens (including phenoxy) is 1. The SMILES string of the molecule is C=CCNC(=O)NC(=O)COC(=O)c1ccco1. The van der Waals surface area contributed by atoms with Crippen LogP contribution in [-0.4, -0.2) is 31.1 Å². The normalized spacial score (nSPS) is 9.33. The highest BCUT2D eigenvalue weighted by molar-refractivity contribution is 5.96. The van der Waals surface area contributed by atoms with Crippen LogP contribution in [0.4, 0.5) is 4.79 Å². The largest absolute Gasteiger partial charge is 0.457 e. The van der Waals surface area contributed by atoms with Crippen molar-refractivity contribution in [3.05, 3.63) is 36.8 Å². The number of carbonyl (C=O) groups excluding carboxylic acids is 3. The van der Waals surface area contributed by atoms with Crippen molar-refractivity contribution >= 4 is 17.9 Å². The average molecular weight is 252 g/mol. The molecule has 1 aromatic heterocycles. The van der Waals surface area contributed by atoms with Crippen LogP contribution in [0.5, 0.6) is 0 Å². The third-order valence-electron chi connectivity index (χ3n) is 1.72. The third kappa shape index (κ3) is 4.52. The smallest absolute Gasteiger partial charge is 0.374 e. The second-order valence-electron chi connectivity index (χ2n) is 3.10. The van der Waals surface area contributed by atoms with Crippen LogP contribution in [0, 0.1) is 0 Å². The molecule has 7 nitrogen and oxygen atoms in total. The van der Waals surface area contributed by atoms with Crippen molar-refractivity contribution in [1.29, 1.82) is 0 Å². The van der Waals surface area contributed by atoms with Gasteiger partial charge in [-0.2, -0.15) is 0 Å². The Kier molecular flexibility index (Phi) is 5.17. The van der Waals surface area contributed by atoms with Crippen molar-refractivity contribution in [3.8, 4) is 0 Å². The van der Waals surface area contributed by atoms with Crippen molar-refractivity contribution in [3.63, 3.8) is 0 Å². The van der Waals surface area contributed by atoms with Gasteiger partial charge in [0.25, 0.3) is 5.91 Å². The van der Waals surface area contributed by atoms with E-state index in [1.54, 1.807) is 0 Å². The summed E-state index contributed by atoms with van der Waals surface area (Å²) in [5.74, 6) is -1.53. The molecule has 0 bridgehead atoms. The van der Waals surface area contributed by atoms with E-state index in [-0.39, 0.29) is 12.3 Å². The Morgan fingerprint density at radius 2 is 2.22 bits per heavy atom. The molecule has 0 unspecified atom stereocenters. The molecular formula is C11H12N2O5. The minimum atomic E-state index is -0.776. The van der Waals surface area contributed by atoms with Crippen molar-refractivity contribution in [2.24, 2.45) is 0 Å². The number of carbonyl (C=O) groups is 3. The first-order chi connectivity index (χ1) is 8.63. The van der Waals surface area contributed by atoms with E-state index >= 15 is 0 Å². The second-order valence-corrected chi connectivity index (χ2v) is 3.10. The van der Waals surface area contributed by atoms with Crippen LogP contribution >= 0.6 is 0 Å². The van der Waals surface area contributed by atoms with Gasteiger partial charge >= 0.3 is 12.0 Å². The molecule has 0 aliphatic carbocycles. The lowest BCUT2D eigenvalue weighted by Gasteiger charge is -2.05. The van der Waals surface area contributed by atoms with Crippen LogP contribution in [0.3, 0.4) is 0 Å². The number of rotatable bonds is 5. The molecule has 2 N–H and O–H groups in total. The van der Waals surface area contributed by atoms with E-state index < -0.39 is 24.5 Å². The van der Waals surface area contributed by atoms with E-state index in [4.69, 9.17) is 4.42 Å². The number of imide groups is 1. The molecule has 0 saturated heterocycles. The average Bonchev–Trinajstić information content (AvgIpc) is 2.87. The summed E-state index contributed by atoms with van der Waals surface area (Å²) < 4.78 is 9.37. The van der Waals surface area contributed by atoms with Gasteiger partial charge < -0.3 is 14.5 Å². The first-order valence-electron chi connectivity index (χ1n) is 5.02. The monoisotopic (exact) mass is 252 g/mol. The van der Waals surface area contributed by atoms with Crippen molar-refractivity contribution in [2.45, 2.75) is 0 Å². The van der Waals surface area contributed by atoms with Crippen molar-refractivity contribution < 1.29 is 23.5 Å². The summed E-state index contributed by atoms with van der Waals surface area (Å²) in [6, 6.07) is 2.23. The van der Waals surface area contributed by atoms with E-state index in [0.717, 1.165) is 0 Å². The fraction of sp³-hybridized carbons (Fsp3) is 0.182. The number of urea groups is 1. The van der Waals surface area contributed by atoms with Gasteiger partial charge in [-0.3, -0.25) is 10.1 Å². The number of furan rings is 1. The van der Waals surface area contributed by atoms with E-state index in [2.05, 4.69) is 16.6 Å². The Morgan fingerprint density at radius 1 is 1.44 bits per heavy atom. The van der Waals surface area contributed by atoms with Gasteiger partial charge in [-0.05, 0) is 12.1 Å². The highest BCUT2D eigenvalue weighted by Crippen LogP contribution is 2.01. The highest BCUT2D eigenvalue weighted by atomic mass is 16.5. The number of hydrogen-bond donors (Lipinski definition) is 2. The van der Waals surface area contributed by atoms with Gasteiger partial charge in [-0.1, -0.05) is 6.08 Å². The Morgan fingerprint density at radius 3 is 2.83 bits per heavy atom. The third-order valence-corrected chi connectivity index (χ3v) is 1.72. The zero-order chi connectivity index (χ0) is 13.4. The van der Waals surface area contributed by atoms with Crippen molar-refractivity contribution in [2.75, 3.05) is 13.2 Å². The summed E-state index contributed by atoms with van der Waals surface area (Å²) in [5.41, 5.74) is 0. The lowest BCUT2D eigenvalue weighted by Crippen LogP contribution is -2.41. The summed E-state index contributed by atoms with van der Waals surface area (Å²) in [4.78, 5) is 33.5. The molecule has 0 saturated carbocycles. The lowest BCUT2D eigenvalue weighted by atomic mass is 10.4. The maximum atomic E-state index is 11.3. The summed E-state index contributed by atoms with van der Waals surface area (Å²) in [7, 11) is 0. The zero-order valence-corrected chi connectivity index (χ0v) is 9.47. The molecule has 0 aliphatic rings. The van der Waals surface area contributed by atoms with E-state index in [0.29, 0.717) is 0 Å². The van der Waals surface area contributed by atoms with Crippen LogP contribution in [0.2, 0.25) is 0 Å². The fourth-order valence-corrected chi connectivity index (χ4v) is 0.969. The van der Waals surface area contributed by atoms with Crippen molar-refractivity contribution in [1.82, 2.24) is 10.6 Å². The van der Waals surface area contributed by atoms with E-state index in [1.807, 2.05) is 5.32 Å². The standard InChI is InChI=1S/C11H12N2O5/c1-2-5-12-11(16)13-9(14)7-18-10(15)8-4-3-6-17-8/h2-4,6H,1,5,7H2,(H2,12,13,14,16). The minimum Gasteiger partial charge on any atom is -0.457 e. The van der Waals surface area contributed by atoms with Gasteiger partial charge in [0.2, 0.25) is 5.76 Å². The molecule has 96 valence electrons. The van der Waals surface area contributed by atoms with Gasteiger partial charge in [0.1, 0.15) is 0 Å². The predicted molar refractivity (Wildman–Crippen MR) is 60.7 cm³/mol. The molecule has 18 heavy (non-hydrogen) atoms. The molecule has 1 heterocycles. The number of esters is 1. The zero-order valence-electron chi connectivity index (χ0n) is 9.47. The highest BCUT2D eigenvalue weighted by Gasteiger charge is 2.13. The maximum absolute atomic E-state index is 11.3. The Bertz CT molecular complexity index is 438. The summed E-state index contributed by atoms with van der Waals surface area (Å²) in [6.07, 6.45) is 2.76. The quantitative estimate of drug-likeness (QED) is 0.585. The molecule has 0 spiro atoms. The molecule has 0 radical (unpaired) electrons. The van der Waals surface area contributed by atoms with E-state index in [9.17, 15) is 14.4 Å². The predicted octanol–water partition coefficient (Wildman–Crippen LogP) is 0.448. The Balaban J connectivity index is 2.27. The van der Waals surface area contributed by atoms with Gasteiger partial charge in [0.05, 0.1) is 6.26 Å². The van der Waals surface area contributed by atoms with Crippen LogP contribution in [0.1, 0.15) is 10.6 Å². The molecule has 1 rings (SSSR count). The van der Waals surface area contributed by atoms with Gasteiger partial charge in [-0.15, -0.1) is 6.58 Å². The summed E-state index contributed by atoms with van der Waals surface area (Å²) in [6.45, 7) is 3.05. The molecule has 0 aromatic carbocycles. The Hall–Kier alpha value is -2.57. The summed E-state index contributed by atoms with van der Waals surface area (Å²) in [5, 5.41) is 4.30. The van der Waals surface area contributed by atoms with Crippen LogP contribution in [0.25, 0.3) is 0 Å². The van der Waals surface area contributed by atoms with Gasteiger partial charge in [0.15, 0.2) is 6.61 Å². The number of hydrogen-bond acceptors (Lipinski definition) is 5. The topological polar surface area (TPSA) is 97.6 Å². The first-order valence-corrected chi connectivity index (χ1v) is 5.02. The van der Waals surface area contributed by atoms with E-state index in [1.165, 1.54) is 24.5 Å². The lowest BCUT2D eigenvalue weighted by molar-refractivity contribution is -0.123. The number of amides is 3. The molecule has 0 fully saturated rings. The first kappa shape index (κ1) is 13.5. The molecule has 0 atom stereocenters. The molecular weight excluding hydrogens is 240 g/mol. The Labute approximate surface area is 103 Å². The second kappa shape index (κ2) is 6.89. The number of nitrogens with one attached hydrogen (secondary N) is 2. The molecule has 0 aliphatic heterocycles. The van der Waals surface area contributed by atoms with Gasteiger partial charge in [-0.25, -0.2) is 9.59 Å². The minimum absolute atomic E-state index is 0.0149. The molecule has 7 heteroatoms. The van der Waals surface area contributed by atoms with Crippen LogP contribution in [0.15, 0.2) is 35.5 Å². The van der Waals surface area contributed by atoms with Crippen LogP contribution in [-0.2, 0) is 9.53 Å². The van der Waals surface area contributed by atoms with Crippen LogP contribution < -0.4 is 10.6 Å². The van der Waals surface area contributed by atoms with Gasteiger partial charge in [0, 0.05) is 6.54 Å². The molecule has 1 aromatic rings. The maximum Gasteiger partial charge on any atom is 0.374 e.